The van der Waals surface area contributed by atoms with E-state index in [9.17, 15) is 4.79 Å². The van der Waals surface area contributed by atoms with Gasteiger partial charge in [-0.25, -0.2) is 0 Å². The lowest BCUT2D eigenvalue weighted by atomic mass is 10.1. The largest absolute Gasteiger partial charge is 0.489 e. The van der Waals surface area contributed by atoms with E-state index in [0.717, 1.165) is 5.56 Å². The fourth-order valence-electron chi connectivity index (χ4n) is 1.13. The van der Waals surface area contributed by atoms with Crippen LogP contribution in [0.2, 0.25) is 0 Å². The lowest BCUT2D eigenvalue weighted by Crippen LogP contribution is -2.00. The predicted molar refractivity (Wildman–Crippen MR) is 62.9 cm³/mol. The molecule has 0 aliphatic rings. The first kappa shape index (κ1) is 12.6. The SMILES string of the molecule is C/C(Cl)=C\COc1ccc(CC(=O)O)cc1. The van der Waals surface area contributed by atoms with Crippen LogP contribution in [-0.2, 0) is 11.2 Å². The van der Waals surface area contributed by atoms with Crippen molar-refractivity contribution in [1.29, 1.82) is 0 Å². The number of halogens is 1. The Labute approximate surface area is 99.3 Å². The molecule has 0 saturated heterocycles. The maximum Gasteiger partial charge on any atom is 0.307 e. The number of allylic oxidation sites excluding steroid dienone is 1. The second kappa shape index (κ2) is 6.18. The van der Waals surface area contributed by atoms with Crippen LogP contribution in [0.3, 0.4) is 0 Å². The molecule has 0 spiro atoms. The zero-order chi connectivity index (χ0) is 12.0. The second-order valence-electron chi connectivity index (χ2n) is 3.32. The maximum absolute atomic E-state index is 10.4. The normalized spacial score (nSPS) is 11.2. The molecular weight excluding hydrogens is 228 g/mol. The molecule has 1 aromatic rings. The highest BCUT2D eigenvalue weighted by molar-refractivity contribution is 6.29. The van der Waals surface area contributed by atoms with E-state index in [-0.39, 0.29) is 6.42 Å². The molecule has 1 aromatic carbocycles. The van der Waals surface area contributed by atoms with Gasteiger partial charge < -0.3 is 9.84 Å². The van der Waals surface area contributed by atoms with E-state index in [1.165, 1.54) is 0 Å². The molecular formula is C12H13ClO3. The van der Waals surface area contributed by atoms with Gasteiger partial charge in [0.2, 0.25) is 0 Å². The van der Waals surface area contributed by atoms with Gasteiger partial charge in [0.1, 0.15) is 12.4 Å². The minimum absolute atomic E-state index is 0.0287. The van der Waals surface area contributed by atoms with Crippen molar-refractivity contribution in [3.63, 3.8) is 0 Å². The molecule has 16 heavy (non-hydrogen) atoms. The Morgan fingerprint density at radius 3 is 2.56 bits per heavy atom. The summed E-state index contributed by atoms with van der Waals surface area (Å²) in [7, 11) is 0. The van der Waals surface area contributed by atoms with Gasteiger partial charge in [0, 0.05) is 5.03 Å². The van der Waals surface area contributed by atoms with Crippen LogP contribution in [0.4, 0.5) is 0 Å². The molecule has 0 unspecified atom stereocenters. The quantitative estimate of drug-likeness (QED) is 0.861. The second-order valence-corrected chi connectivity index (χ2v) is 3.91. The predicted octanol–water partition coefficient (Wildman–Crippen LogP) is 2.84. The topological polar surface area (TPSA) is 46.5 Å². The fraction of sp³-hybridized carbons (Fsp3) is 0.250. The van der Waals surface area contributed by atoms with Crippen molar-refractivity contribution in [2.45, 2.75) is 13.3 Å². The van der Waals surface area contributed by atoms with Crippen LogP contribution in [0.5, 0.6) is 5.75 Å². The van der Waals surface area contributed by atoms with E-state index in [4.69, 9.17) is 21.4 Å². The summed E-state index contributed by atoms with van der Waals surface area (Å²) >= 11 is 5.64. The molecule has 0 aromatic heterocycles. The van der Waals surface area contributed by atoms with Gasteiger partial charge in [0.15, 0.2) is 0 Å². The summed E-state index contributed by atoms with van der Waals surface area (Å²) in [6, 6.07) is 6.97. The molecule has 0 atom stereocenters. The standard InChI is InChI=1S/C12H13ClO3/c1-9(13)6-7-16-11-4-2-10(3-5-11)8-12(14)15/h2-6H,7-8H2,1H3,(H,14,15)/b9-6+. The Bertz CT molecular complexity index is 378. The molecule has 0 heterocycles. The number of rotatable bonds is 5. The van der Waals surface area contributed by atoms with E-state index >= 15 is 0 Å². The van der Waals surface area contributed by atoms with Crippen LogP contribution >= 0.6 is 11.6 Å². The van der Waals surface area contributed by atoms with E-state index in [2.05, 4.69) is 0 Å². The summed E-state index contributed by atoms with van der Waals surface area (Å²) in [6.45, 7) is 2.19. The summed E-state index contributed by atoms with van der Waals surface area (Å²) in [5.41, 5.74) is 0.754. The number of hydrogen-bond donors (Lipinski definition) is 1. The van der Waals surface area contributed by atoms with Gasteiger partial charge in [-0.2, -0.15) is 0 Å². The van der Waals surface area contributed by atoms with Crippen molar-refractivity contribution < 1.29 is 14.6 Å². The van der Waals surface area contributed by atoms with Crippen LogP contribution in [0, 0.1) is 0 Å². The fourth-order valence-corrected chi connectivity index (χ4v) is 1.19. The molecule has 0 bridgehead atoms. The highest BCUT2D eigenvalue weighted by Crippen LogP contribution is 2.13. The number of benzene rings is 1. The van der Waals surface area contributed by atoms with Crippen molar-refractivity contribution in [2.75, 3.05) is 6.61 Å². The number of aliphatic carboxylic acids is 1. The van der Waals surface area contributed by atoms with E-state index in [1.807, 2.05) is 0 Å². The average Bonchev–Trinajstić information content (AvgIpc) is 2.19. The smallest absolute Gasteiger partial charge is 0.307 e. The number of carboxylic acids is 1. The van der Waals surface area contributed by atoms with Crippen LogP contribution in [0.1, 0.15) is 12.5 Å². The summed E-state index contributed by atoms with van der Waals surface area (Å²) in [5, 5.41) is 9.27. The van der Waals surface area contributed by atoms with Gasteiger partial charge in [-0.1, -0.05) is 23.7 Å². The number of carbonyl (C=O) groups is 1. The summed E-state index contributed by atoms with van der Waals surface area (Å²) in [6.07, 6.45) is 1.79. The molecule has 0 radical (unpaired) electrons. The van der Waals surface area contributed by atoms with E-state index in [0.29, 0.717) is 17.4 Å². The van der Waals surface area contributed by atoms with Gasteiger partial charge in [-0.05, 0) is 30.7 Å². The Morgan fingerprint density at radius 2 is 2.06 bits per heavy atom. The minimum atomic E-state index is -0.839. The maximum atomic E-state index is 10.4. The van der Waals surface area contributed by atoms with Gasteiger partial charge in [-0.3, -0.25) is 4.79 Å². The summed E-state index contributed by atoms with van der Waals surface area (Å²) in [4.78, 5) is 10.4. The van der Waals surface area contributed by atoms with Crippen molar-refractivity contribution >= 4 is 17.6 Å². The molecule has 0 saturated carbocycles. The van der Waals surface area contributed by atoms with E-state index in [1.54, 1.807) is 37.3 Å². The zero-order valence-corrected chi connectivity index (χ0v) is 9.70. The lowest BCUT2D eigenvalue weighted by molar-refractivity contribution is -0.136. The number of carboxylic acid groups (broad SMARTS) is 1. The van der Waals surface area contributed by atoms with Gasteiger partial charge in [0.05, 0.1) is 6.42 Å². The van der Waals surface area contributed by atoms with Crippen LogP contribution in [-0.4, -0.2) is 17.7 Å². The Kier molecular flexibility index (Phi) is 4.86. The minimum Gasteiger partial charge on any atom is -0.489 e. The molecule has 4 heteroatoms. The molecule has 3 nitrogen and oxygen atoms in total. The molecule has 0 fully saturated rings. The van der Waals surface area contributed by atoms with Gasteiger partial charge in [-0.15, -0.1) is 0 Å². The lowest BCUT2D eigenvalue weighted by Gasteiger charge is -2.04. The molecule has 1 rings (SSSR count). The van der Waals surface area contributed by atoms with Crippen LogP contribution in [0.15, 0.2) is 35.4 Å². The van der Waals surface area contributed by atoms with Crippen molar-refractivity contribution in [3.8, 4) is 5.75 Å². The third kappa shape index (κ3) is 4.84. The summed E-state index contributed by atoms with van der Waals surface area (Å²) < 4.78 is 5.37. The highest BCUT2D eigenvalue weighted by atomic mass is 35.5. The number of ether oxygens (including phenoxy) is 1. The van der Waals surface area contributed by atoms with Crippen LogP contribution in [0.25, 0.3) is 0 Å². The first-order valence-electron chi connectivity index (χ1n) is 4.83. The first-order valence-corrected chi connectivity index (χ1v) is 5.21. The van der Waals surface area contributed by atoms with Gasteiger partial charge in [0.25, 0.3) is 0 Å². The highest BCUT2D eigenvalue weighted by Gasteiger charge is 2.00. The van der Waals surface area contributed by atoms with Crippen molar-refractivity contribution in [3.05, 3.63) is 40.9 Å². The Balaban J connectivity index is 2.51. The molecule has 0 amide bonds. The van der Waals surface area contributed by atoms with Crippen molar-refractivity contribution in [2.24, 2.45) is 0 Å². The summed E-state index contributed by atoms with van der Waals surface area (Å²) in [5.74, 6) is -0.141. The van der Waals surface area contributed by atoms with Crippen LogP contribution < -0.4 is 4.74 Å². The third-order valence-electron chi connectivity index (χ3n) is 1.89. The Hall–Kier alpha value is -1.48. The third-order valence-corrected chi connectivity index (χ3v) is 2.05. The first-order chi connectivity index (χ1) is 7.58. The molecule has 86 valence electrons. The van der Waals surface area contributed by atoms with Gasteiger partial charge >= 0.3 is 5.97 Å². The molecule has 1 N–H and O–H groups in total. The monoisotopic (exact) mass is 240 g/mol. The molecule has 0 aliphatic carbocycles. The van der Waals surface area contributed by atoms with Crippen molar-refractivity contribution in [1.82, 2.24) is 0 Å². The van der Waals surface area contributed by atoms with E-state index < -0.39 is 5.97 Å². The zero-order valence-electron chi connectivity index (χ0n) is 8.94. The molecule has 0 aliphatic heterocycles. The average molecular weight is 241 g/mol. The number of hydrogen-bond acceptors (Lipinski definition) is 2. The Morgan fingerprint density at radius 1 is 1.44 bits per heavy atom.